The summed E-state index contributed by atoms with van der Waals surface area (Å²) < 4.78 is 1.90. The Bertz CT molecular complexity index is 369. The fourth-order valence-electron chi connectivity index (χ4n) is 1.56. The number of nitrogens with one attached hydrogen (secondary N) is 1. The molecule has 0 radical (unpaired) electrons. The third-order valence-electron chi connectivity index (χ3n) is 2.41. The molecule has 0 amide bonds. The lowest BCUT2D eigenvalue weighted by molar-refractivity contribution is 0.322. The largest absolute Gasteiger partial charge is 0.396 e. The van der Waals surface area contributed by atoms with Gasteiger partial charge in [0.05, 0.1) is 17.3 Å². The van der Waals surface area contributed by atoms with Crippen molar-refractivity contribution >= 4 is 11.8 Å². The summed E-state index contributed by atoms with van der Waals surface area (Å²) in [5.41, 5.74) is 2.40. The van der Waals surface area contributed by atoms with Gasteiger partial charge in [-0.05, 0) is 27.7 Å². The van der Waals surface area contributed by atoms with Crippen LogP contribution in [0.25, 0.3) is 0 Å². The third-order valence-corrected chi connectivity index (χ3v) is 3.59. The summed E-state index contributed by atoms with van der Waals surface area (Å²) in [7, 11) is 1.95. The SMILES string of the molecule is Cc1nn(C)c(SCCO)c1CNC(C)(C)C. The lowest BCUT2D eigenvalue weighted by atomic mass is 10.1. The summed E-state index contributed by atoms with van der Waals surface area (Å²) in [6, 6.07) is 0. The molecule has 0 unspecified atom stereocenters. The van der Waals surface area contributed by atoms with Crippen LogP contribution in [0.2, 0.25) is 0 Å². The molecule has 0 atom stereocenters. The van der Waals surface area contributed by atoms with Gasteiger partial charge in [0.1, 0.15) is 0 Å². The first-order valence-corrected chi connectivity index (χ1v) is 6.85. The Morgan fingerprint density at radius 3 is 2.59 bits per heavy atom. The van der Waals surface area contributed by atoms with Gasteiger partial charge in [-0.1, -0.05) is 0 Å². The van der Waals surface area contributed by atoms with E-state index >= 15 is 0 Å². The van der Waals surface area contributed by atoms with Crippen LogP contribution in [-0.2, 0) is 13.6 Å². The lowest BCUT2D eigenvalue weighted by Gasteiger charge is -2.20. The standard InChI is InChI=1S/C12H23N3OS/c1-9-10(8-13-12(2,3)4)11(15(5)14-9)17-7-6-16/h13,16H,6-8H2,1-5H3. The summed E-state index contributed by atoms with van der Waals surface area (Å²) in [6.07, 6.45) is 0. The summed E-state index contributed by atoms with van der Waals surface area (Å²) >= 11 is 1.66. The van der Waals surface area contributed by atoms with Crippen LogP contribution in [0.4, 0.5) is 0 Å². The highest BCUT2D eigenvalue weighted by Crippen LogP contribution is 2.24. The number of aromatic nitrogens is 2. The van der Waals surface area contributed by atoms with Crippen molar-refractivity contribution in [1.82, 2.24) is 15.1 Å². The Morgan fingerprint density at radius 1 is 1.41 bits per heavy atom. The molecule has 1 rings (SSSR count). The fraction of sp³-hybridized carbons (Fsp3) is 0.750. The number of thioether (sulfide) groups is 1. The molecule has 4 nitrogen and oxygen atoms in total. The molecule has 0 aromatic carbocycles. The summed E-state index contributed by atoms with van der Waals surface area (Å²) in [5.74, 6) is 0.710. The van der Waals surface area contributed by atoms with E-state index in [0.29, 0.717) is 5.75 Å². The van der Waals surface area contributed by atoms with Crippen molar-refractivity contribution in [1.29, 1.82) is 0 Å². The van der Waals surface area contributed by atoms with Gasteiger partial charge in [0.15, 0.2) is 0 Å². The van der Waals surface area contributed by atoms with Gasteiger partial charge < -0.3 is 10.4 Å². The van der Waals surface area contributed by atoms with Crippen molar-refractivity contribution in [3.63, 3.8) is 0 Å². The van der Waals surface area contributed by atoms with E-state index in [2.05, 4.69) is 31.2 Å². The molecule has 1 aromatic rings. The third kappa shape index (κ3) is 4.33. The van der Waals surface area contributed by atoms with E-state index in [1.807, 2.05) is 18.7 Å². The van der Waals surface area contributed by atoms with Gasteiger partial charge in [0.25, 0.3) is 0 Å². The van der Waals surface area contributed by atoms with E-state index in [0.717, 1.165) is 17.3 Å². The van der Waals surface area contributed by atoms with Crippen molar-refractivity contribution in [3.8, 4) is 0 Å². The Kier molecular flexibility index (Phi) is 5.04. The second-order valence-corrected chi connectivity index (χ2v) is 6.25. The summed E-state index contributed by atoms with van der Waals surface area (Å²) in [5, 5.41) is 18.0. The Labute approximate surface area is 108 Å². The first-order valence-electron chi connectivity index (χ1n) is 5.86. The van der Waals surface area contributed by atoms with Crippen molar-refractivity contribution in [2.45, 2.75) is 44.8 Å². The van der Waals surface area contributed by atoms with E-state index in [-0.39, 0.29) is 12.1 Å². The van der Waals surface area contributed by atoms with Crippen molar-refractivity contribution in [3.05, 3.63) is 11.3 Å². The number of aryl methyl sites for hydroxylation is 2. The fourth-order valence-corrected chi connectivity index (χ4v) is 2.47. The molecule has 0 fully saturated rings. The Balaban J connectivity index is 2.81. The average Bonchev–Trinajstić information content (AvgIpc) is 2.46. The predicted octanol–water partition coefficient (Wildman–Crippen LogP) is 1.70. The molecule has 2 N–H and O–H groups in total. The minimum Gasteiger partial charge on any atom is -0.396 e. The van der Waals surface area contributed by atoms with Crippen LogP contribution in [0.5, 0.6) is 0 Å². The van der Waals surface area contributed by atoms with Crippen LogP contribution >= 0.6 is 11.8 Å². The Hall–Kier alpha value is -0.520. The second-order valence-electron chi connectivity index (χ2n) is 5.17. The summed E-state index contributed by atoms with van der Waals surface area (Å²) in [6.45, 7) is 9.50. The van der Waals surface area contributed by atoms with E-state index < -0.39 is 0 Å². The molecule has 1 heterocycles. The molecule has 1 aromatic heterocycles. The highest BCUT2D eigenvalue weighted by molar-refractivity contribution is 7.99. The quantitative estimate of drug-likeness (QED) is 0.788. The maximum absolute atomic E-state index is 8.91. The zero-order valence-electron chi connectivity index (χ0n) is 11.4. The first-order chi connectivity index (χ1) is 7.85. The van der Waals surface area contributed by atoms with Crippen LogP contribution in [0, 0.1) is 6.92 Å². The molecule has 0 saturated heterocycles. The zero-order valence-corrected chi connectivity index (χ0v) is 12.2. The number of aliphatic hydroxyl groups is 1. The van der Waals surface area contributed by atoms with Gasteiger partial charge in [-0.2, -0.15) is 5.10 Å². The normalized spacial score (nSPS) is 12.1. The van der Waals surface area contributed by atoms with Crippen molar-refractivity contribution in [2.24, 2.45) is 7.05 Å². The van der Waals surface area contributed by atoms with Gasteiger partial charge in [0, 0.05) is 30.4 Å². The van der Waals surface area contributed by atoms with E-state index in [9.17, 15) is 0 Å². The maximum Gasteiger partial charge on any atom is 0.0985 e. The number of hydrogen-bond donors (Lipinski definition) is 2. The molecule has 0 spiro atoms. The predicted molar refractivity (Wildman–Crippen MR) is 72.3 cm³/mol. The molecule has 0 aliphatic rings. The second kappa shape index (κ2) is 5.89. The van der Waals surface area contributed by atoms with Crippen molar-refractivity contribution < 1.29 is 5.11 Å². The smallest absolute Gasteiger partial charge is 0.0985 e. The maximum atomic E-state index is 8.91. The molecule has 0 aliphatic heterocycles. The molecule has 0 aliphatic carbocycles. The van der Waals surface area contributed by atoms with Crippen LogP contribution in [0.15, 0.2) is 5.03 Å². The number of hydrogen-bond acceptors (Lipinski definition) is 4. The van der Waals surface area contributed by atoms with Gasteiger partial charge >= 0.3 is 0 Å². The zero-order chi connectivity index (χ0) is 13.1. The van der Waals surface area contributed by atoms with Gasteiger partial charge in [0.2, 0.25) is 0 Å². The van der Waals surface area contributed by atoms with E-state index in [4.69, 9.17) is 5.11 Å². The highest BCUT2D eigenvalue weighted by Gasteiger charge is 2.16. The van der Waals surface area contributed by atoms with Gasteiger partial charge in [-0.15, -0.1) is 11.8 Å². The van der Waals surface area contributed by atoms with Crippen LogP contribution in [-0.4, -0.2) is 32.8 Å². The molecule has 0 bridgehead atoms. The Morgan fingerprint density at radius 2 is 2.06 bits per heavy atom. The van der Waals surface area contributed by atoms with Crippen LogP contribution < -0.4 is 5.32 Å². The van der Waals surface area contributed by atoms with Gasteiger partial charge in [-0.25, -0.2) is 0 Å². The number of aliphatic hydroxyl groups excluding tert-OH is 1. The first kappa shape index (κ1) is 14.5. The molecule has 0 saturated carbocycles. The molecular formula is C12H23N3OS. The van der Waals surface area contributed by atoms with Crippen LogP contribution in [0.1, 0.15) is 32.0 Å². The van der Waals surface area contributed by atoms with Gasteiger partial charge in [-0.3, -0.25) is 4.68 Å². The topological polar surface area (TPSA) is 50.1 Å². The van der Waals surface area contributed by atoms with Crippen LogP contribution in [0.3, 0.4) is 0 Å². The average molecular weight is 257 g/mol. The minimum atomic E-state index is 0.0984. The van der Waals surface area contributed by atoms with Crippen molar-refractivity contribution in [2.75, 3.05) is 12.4 Å². The molecule has 17 heavy (non-hydrogen) atoms. The lowest BCUT2D eigenvalue weighted by Crippen LogP contribution is -2.35. The highest BCUT2D eigenvalue weighted by atomic mass is 32.2. The molecule has 5 heteroatoms. The minimum absolute atomic E-state index is 0.0984. The van der Waals surface area contributed by atoms with E-state index in [1.165, 1.54) is 5.56 Å². The number of nitrogens with zero attached hydrogens (tertiary/aromatic N) is 2. The molecule has 98 valence electrons. The van der Waals surface area contributed by atoms with E-state index in [1.54, 1.807) is 11.8 Å². The molecular weight excluding hydrogens is 234 g/mol. The summed E-state index contributed by atoms with van der Waals surface area (Å²) in [4.78, 5) is 0. The number of rotatable bonds is 5. The monoisotopic (exact) mass is 257 g/mol.